The molecule has 16 heavy (non-hydrogen) atoms. The van der Waals surface area contributed by atoms with Crippen molar-refractivity contribution in [3.8, 4) is 11.6 Å². The number of nitrogens with zero attached hydrogens (tertiary/aromatic N) is 1. The molecule has 3 nitrogen and oxygen atoms in total. The van der Waals surface area contributed by atoms with E-state index in [1.165, 1.54) is 7.11 Å². The Morgan fingerprint density at radius 2 is 2.06 bits per heavy atom. The Morgan fingerprint density at radius 1 is 1.38 bits per heavy atom. The summed E-state index contributed by atoms with van der Waals surface area (Å²) in [4.78, 5) is 3.70. The standard InChI is InChI=1S/C10H10F3NO2/c1-15-9-8(16-6-2-3-6)7(4-5-14-9)10(11,12)13/h4-6H,2-3H2,1H3. The van der Waals surface area contributed by atoms with Crippen LogP contribution in [-0.4, -0.2) is 18.2 Å². The molecule has 0 atom stereocenters. The van der Waals surface area contributed by atoms with Crippen LogP contribution >= 0.6 is 0 Å². The summed E-state index contributed by atoms with van der Waals surface area (Å²) in [7, 11) is 1.27. The highest BCUT2D eigenvalue weighted by atomic mass is 19.4. The molecule has 0 bridgehead atoms. The van der Waals surface area contributed by atoms with Gasteiger partial charge in [0, 0.05) is 6.20 Å². The van der Waals surface area contributed by atoms with Gasteiger partial charge >= 0.3 is 6.18 Å². The molecule has 1 fully saturated rings. The topological polar surface area (TPSA) is 31.4 Å². The summed E-state index contributed by atoms with van der Waals surface area (Å²) in [5, 5.41) is 0. The zero-order valence-corrected chi connectivity index (χ0v) is 8.54. The highest BCUT2D eigenvalue weighted by Gasteiger charge is 2.38. The van der Waals surface area contributed by atoms with Gasteiger partial charge < -0.3 is 9.47 Å². The molecule has 0 saturated heterocycles. The van der Waals surface area contributed by atoms with Crippen molar-refractivity contribution in [2.45, 2.75) is 25.1 Å². The maximum absolute atomic E-state index is 12.7. The smallest absolute Gasteiger partial charge is 0.420 e. The van der Waals surface area contributed by atoms with Crippen molar-refractivity contribution < 1.29 is 22.6 Å². The lowest BCUT2D eigenvalue weighted by atomic mass is 10.2. The number of pyridine rings is 1. The number of aromatic nitrogens is 1. The second-order valence-electron chi connectivity index (χ2n) is 3.51. The van der Waals surface area contributed by atoms with Crippen LogP contribution < -0.4 is 9.47 Å². The monoisotopic (exact) mass is 233 g/mol. The Balaban J connectivity index is 2.41. The number of ether oxygens (including phenoxy) is 2. The van der Waals surface area contributed by atoms with Gasteiger partial charge in [-0.25, -0.2) is 4.98 Å². The van der Waals surface area contributed by atoms with Gasteiger partial charge in [-0.1, -0.05) is 0 Å². The summed E-state index contributed by atoms with van der Waals surface area (Å²) in [6, 6.07) is 0.889. The SMILES string of the molecule is COc1nccc(C(F)(F)F)c1OC1CC1. The van der Waals surface area contributed by atoms with Crippen LogP contribution in [0.3, 0.4) is 0 Å². The fourth-order valence-corrected chi connectivity index (χ4v) is 1.26. The fourth-order valence-electron chi connectivity index (χ4n) is 1.26. The number of hydrogen-bond acceptors (Lipinski definition) is 3. The highest BCUT2D eigenvalue weighted by molar-refractivity contribution is 5.43. The molecule has 1 aromatic rings. The van der Waals surface area contributed by atoms with E-state index in [2.05, 4.69) is 4.98 Å². The summed E-state index contributed by atoms with van der Waals surface area (Å²) < 4.78 is 48.0. The quantitative estimate of drug-likeness (QED) is 0.804. The van der Waals surface area contributed by atoms with Crippen molar-refractivity contribution in [2.24, 2.45) is 0 Å². The second-order valence-corrected chi connectivity index (χ2v) is 3.51. The lowest BCUT2D eigenvalue weighted by molar-refractivity contribution is -0.139. The molecule has 0 spiro atoms. The molecular formula is C10H10F3NO2. The molecule has 1 aliphatic carbocycles. The normalized spacial score (nSPS) is 16.0. The van der Waals surface area contributed by atoms with E-state index in [1.54, 1.807) is 0 Å². The van der Waals surface area contributed by atoms with Crippen LogP contribution in [0.1, 0.15) is 18.4 Å². The fraction of sp³-hybridized carbons (Fsp3) is 0.500. The Morgan fingerprint density at radius 3 is 2.56 bits per heavy atom. The minimum absolute atomic E-state index is 0.123. The number of alkyl halides is 3. The van der Waals surface area contributed by atoms with Crippen molar-refractivity contribution in [3.05, 3.63) is 17.8 Å². The van der Waals surface area contributed by atoms with Crippen molar-refractivity contribution in [1.29, 1.82) is 0 Å². The van der Waals surface area contributed by atoms with Crippen LogP contribution in [0.25, 0.3) is 0 Å². The number of rotatable bonds is 3. The Kier molecular flexibility index (Phi) is 2.65. The van der Waals surface area contributed by atoms with E-state index in [9.17, 15) is 13.2 Å². The largest absolute Gasteiger partial charge is 0.484 e. The van der Waals surface area contributed by atoms with Crippen molar-refractivity contribution in [2.75, 3.05) is 7.11 Å². The third-order valence-corrected chi connectivity index (χ3v) is 2.18. The molecule has 1 aromatic heterocycles. The molecule has 0 amide bonds. The highest BCUT2D eigenvalue weighted by Crippen LogP contribution is 2.42. The van der Waals surface area contributed by atoms with Gasteiger partial charge in [-0.15, -0.1) is 0 Å². The summed E-state index contributed by atoms with van der Waals surface area (Å²) in [5.41, 5.74) is -0.841. The van der Waals surface area contributed by atoms with Crippen LogP contribution in [0.5, 0.6) is 11.6 Å². The maximum atomic E-state index is 12.7. The van der Waals surface area contributed by atoms with E-state index < -0.39 is 11.7 Å². The lowest BCUT2D eigenvalue weighted by Gasteiger charge is -2.15. The molecule has 0 aliphatic heterocycles. The summed E-state index contributed by atoms with van der Waals surface area (Å²) in [6.45, 7) is 0. The minimum atomic E-state index is -4.46. The van der Waals surface area contributed by atoms with E-state index >= 15 is 0 Å². The van der Waals surface area contributed by atoms with Gasteiger partial charge in [0.05, 0.1) is 13.2 Å². The molecule has 2 rings (SSSR count). The number of hydrogen-bond donors (Lipinski definition) is 0. The van der Waals surface area contributed by atoms with Crippen molar-refractivity contribution >= 4 is 0 Å². The molecule has 1 saturated carbocycles. The Bertz CT molecular complexity index is 388. The van der Waals surface area contributed by atoms with Crippen LogP contribution in [0.15, 0.2) is 12.3 Å². The Labute approximate surface area is 90.2 Å². The van der Waals surface area contributed by atoms with Crippen LogP contribution in [-0.2, 0) is 6.18 Å². The first-order valence-electron chi connectivity index (χ1n) is 4.79. The molecule has 0 unspecified atom stereocenters. The molecule has 0 N–H and O–H groups in total. The predicted octanol–water partition coefficient (Wildman–Crippen LogP) is 2.65. The van der Waals surface area contributed by atoms with Crippen molar-refractivity contribution in [1.82, 2.24) is 4.98 Å². The third-order valence-electron chi connectivity index (χ3n) is 2.18. The summed E-state index contributed by atoms with van der Waals surface area (Å²) in [5.74, 6) is -0.429. The average Bonchev–Trinajstić information content (AvgIpc) is 3.00. The molecular weight excluding hydrogens is 223 g/mol. The van der Waals surface area contributed by atoms with Gasteiger partial charge in [-0.05, 0) is 18.9 Å². The molecule has 0 aromatic carbocycles. The van der Waals surface area contributed by atoms with Gasteiger partial charge in [-0.2, -0.15) is 13.2 Å². The van der Waals surface area contributed by atoms with Gasteiger partial charge in [-0.3, -0.25) is 0 Å². The van der Waals surface area contributed by atoms with Crippen LogP contribution in [0.4, 0.5) is 13.2 Å². The zero-order chi connectivity index (χ0) is 11.8. The Hall–Kier alpha value is -1.46. The predicted molar refractivity (Wildman–Crippen MR) is 49.4 cm³/mol. The van der Waals surface area contributed by atoms with E-state index in [0.717, 1.165) is 25.1 Å². The van der Waals surface area contributed by atoms with Gasteiger partial charge in [0.25, 0.3) is 5.88 Å². The first-order valence-corrected chi connectivity index (χ1v) is 4.79. The molecule has 1 aliphatic rings. The zero-order valence-electron chi connectivity index (χ0n) is 8.54. The number of halogens is 3. The summed E-state index contributed by atoms with van der Waals surface area (Å²) >= 11 is 0. The van der Waals surface area contributed by atoms with Gasteiger partial charge in [0.1, 0.15) is 5.56 Å². The lowest BCUT2D eigenvalue weighted by Crippen LogP contribution is -2.11. The molecule has 6 heteroatoms. The second kappa shape index (κ2) is 3.84. The van der Waals surface area contributed by atoms with E-state index in [0.29, 0.717) is 0 Å². The van der Waals surface area contributed by atoms with Crippen LogP contribution in [0.2, 0.25) is 0 Å². The third kappa shape index (κ3) is 2.20. The number of methoxy groups -OCH3 is 1. The van der Waals surface area contributed by atoms with E-state index in [4.69, 9.17) is 9.47 Å². The summed E-state index contributed by atoms with van der Waals surface area (Å²) in [6.07, 6.45) is -1.99. The average molecular weight is 233 g/mol. The molecule has 0 radical (unpaired) electrons. The first kappa shape index (κ1) is 11.0. The van der Waals surface area contributed by atoms with Gasteiger partial charge in [0.2, 0.25) is 0 Å². The molecule has 88 valence electrons. The first-order chi connectivity index (χ1) is 7.52. The van der Waals surface area contributed by atoms with Crippen molar-refractivity contribution in [3.63, 3.8) is 0 Å². The van der Waals surface area contributed by atoms with Gasteiger partial charge in [0.15, 0.2) is 5.75 Å². The van der Waals surface area contributed by atoms with E-state index in [-0.39, 0.29) is 17.7 Å². The minimum Gasteiger partial charge on any atom is -0.484 e. The van der Waals surface area contributed by atoms with Crippen LogP contribution in [0, 0.1) is 0 Å². The maximum Gasteiger partial charge on any atom is 0.420 e. The molecule has 1 heterocycles. The van der Waals surface area contributed by atoms with E-state index in [1.807, 2.05) is 0 Å².